The van der Waals surface area contributed by atoms with Gasteiger partial charge in [-0.2, -0.15) is 0 Å². The molecule has 0 aliphatic heterocycles. The van der Waals surface area contributed by atoms with Crippen LogP contribution in [0.25, 0.3) is 0 Å². The van der Waals surface area contributed by atoms with Gasteiger partial charge in [-0.3, -0.25) is 0 Å². The van der Waals surface area contributed by atoms with Crippen molar-refractivity contribution in [1.29, 1.82) is 0 Å². The van der Waals surface area contributed by atoms with Crippen molar-refractivity contribution in [3.8, 4) is 0 Å². The number of hydrogen-bond donors (Lipinski definition) is 2. The van der Waals surface area contributed by atoms with Gasteiger partial charge in [0.15, 0.2) is 0 Å². The molecule has 0 aliphatic carbocycles. The van der Waals surface area contributed by atoms with Crippen LogP contribution in [-0.2, 0) is 10.0 Å². The van der Waals surface area contributed by atoms with E-state index in [1.165, 1.54) is 17.0 Å². The van der Waals surface area contributed by atoms with Crippen LogP contribution >= 0.6 is 11.6 Å². The first kappa shape index (κ1) is 22.2. The van der Waals surface area contributed by atoms with Crippen LogP contribution in [0.15, 0.2) is 53.4 Å². The Kier molecular flexibility index (Phi) is 6.75. The van der Waals surface area contributed by atoms with Gasteiger partial charge < -0.3 is 10.2 Å². The molecule has 0 radical (unpaired) electrons. The van der Waals surface area contributed by atoms with Gasteiger partial charge in [-0.05, 0) is 63.6 Å². The smallest absolute Gasteiger partial charge is 0.321 e. The van der Waals surface area contributed by atoms with E-state index in [1.807, 2.05) is 19.1 Å². The first-order valence-corrected chi connectivity index (χ1v) is 10.7. The molecule has 0 heterocycles. The number of carbonyl (C=O) groups excluding carboxylic acids is 1. The highest BCUT2D eigenvalue weighted by Gasteiger charge is 2.23. The van der Waals surface area contributed by atoms with Crippen molar-refractivity contribution in [2.75, 3.05) is 12.4 Å². The molecular weight excluding hydrogens is 398 g/mol. The van der Waals surface area contributed by atoms with Crippen LogP contribution in [0.5, 0.6) is 0 Å². The monoisotopic (exact) mass is 423 g/mol. The molecule has 0 bridgehead atoms. The average Bonchev–Trinajstić information content (AvgIpc) is 2.59. The summed E-state index contributed by atoms with van der Waals surface area (Å²) in [6, 6.07) is 12.9. The zero-order valence-electron chi connectivity index (χ0n) is 16.7. The Balaban J connectivity index is 2.14. The molecule has 2 amide bonds. The fourth-order valence-corrected chi connectivity index (χ4v) is 4.15. The van der Waals surface area contributed by atoms with Gasteiger partial charge in [0.05, 0.1) is 10.9 Å². The standard InChI is InChI=1S/C20H26ClN3O3S/c1-14(15-9-11-16(21)12-10-15)24(5)19(25)22-17-7-6-8-18(13-17)28(26,27)23-20(2,3)4/h6-14,23H,1-5H3,(H,22,25). The Hall–Kier alpha value is -2.09. The number of nitrogens with zero attached hydrogens (tertiary/aromatic N) is 1. The minimum Gasteiger partial charge on any atom is -0.321 e. The minimum absolute atomic E-state index is 0.0913. The van der Waals surface area contributed by atoms with Gasteiger partial charge in [0.1, 0.15) is 0 Å². The molecule has 2 aromatic rings. The molecule has 0 saturated carbocycles. The third-order valence-electron chi connectivity index (χ3n) is 4.09. The lowest BCUT2D eigenvalue weighted by Gasteiger charge is -2.26. The Morgan fingerprint density at radius 1 is 1.11 bits per heavy atom. The molecule has 1 unspecified atom stereocenters. The number of carbonyl (C=O) groups is 1. The highest BCUT2D eigenvalue weighted by Crippen LogP contribution is 2.22. The van der Waals surface area contributed by atoms with Crippen LogP contribution in [0.1, 0.15) is 39.3 Å². The first-order chi connectivity index (χ1) is 12.9. The van der Waals surface area contributed by atoms with Gasteiger partial charge in [0, 0.05) is 23.3 Å². The van der Waals surface area contributed by atoms with Crippen molar-refractivity contribution in [3.63, 3.8) is 0 Å². The lowest BCUT2D eigenvalue weighted by atomic mass is 10.1. The SMILES string of the molecule is CC(c1ccc(Cl)cc1)N(C)C(=O)Nc1cccc(S(=O)(=O)NC(C)(C)C)c1. The van der Waals surface area contributed by atoms with Gasteiger partial charge in [-0.25, -0.2) is 17.9 Å². The number of amides is 2. The van der Waals surface area contributed by atoms with Crippen LogP contribution in [0, 0.1) is 0 Å². The van der Waals surface area contributed by atoms with Crippen LogP contribution in [0.4, 0.5) is 10.5 Å². The van der Waals surface area contributed by atoms with E-state index in [1.54, 1.807) is 52.1 Å². The van der Waals surface area contributed by atoms with Crippen molar-refractivity contribution >= 4 is 33.3 Å². The van der Waals surface area contributed by atoms with Gasteiger partial charge in [-0.1, -0.05) is 29.8 Å². The fraction of sp³-hybridized carbons (Fsp3) is 0.350. The normalized spacial score (nSPS) is 13.1. The summed E-state index contributed by atoms with van der Waals surface area (Å²) in [7, 11) is -2.01. The molecule has 2 rings (SSSR count). The topological polar surface area (TPSA) is 78.5 Å². The van der Waals surface area contributed by atoms with Gasteiger partial charge in [-0.15, -0.1) is 0 Å². The van der Waals surface area contributed by atoms with Crippen molar-refractivity contribution in [2.45, 2.75) is 44.2 Å². The number of urea groups is 1. The lowest BCUT2D eigenvalue weighted by Crippen LogP contribution is -2.40. The van der Waals surface area contributed by atoms with Crippen molar-refractivity contribution in [1.82, 2.24) is 9.62 Å². The summed E-state index contributed by atoms with van der Waals surface area (Å²) in [6.07, 6.45) is 0. The molecule has 28 heavy (non-hydrogen) atoms. The van der Waals surface area contributed by atoms with E-state index in [4.69, 9.17) is 11.6 Å². The third kappa shape index (κ3) is 5.95. The summed E-state index contributed by atoms with van der Waals surface area (Å²) in [6.45, 7) is 7.20. The maximum atomic E-state index is 12.6. The molecule has 1 atom stereocenters. The van der Waals surface area contributed by atoms with E-state index in [2.05, 4.69) is 10.0 Å². The molecule has 152 valence electrons. The molecule has 6 nitrogen and oxygen atoms in total. The zero-order valence-corrected chi connectivity index (χ0v) is 18.2. The number of sulfonamides is 1. The van der Waals surface area contributed by atoms with E-state index in [9.17, 15) is 13.2 Å². The molecule has 2 N–H and O–H groups in total. The summed E-state index contributed by atoms with van der Waals surface area (Å²) < 4.78 is 27.6. The third-order valence-corrected chi connectivity index (χ3v) is 6.10. The summed E-state index contributed by atoms with van der Waals surface area (Å²) in [5.74, 6) is 0. The largest absolute Gasteiger partial charge is 0.322 e. The van der Waals surface area contributed by atoms with Gasteiger partial charge in [0.25, 0.3) is 0 Å². The second kappa shape index (κ2) is 8.51. The maximum Gasteiger partial charge on any atom is 0.322 e. The summed E-state index contributed by atoms with van der Waals surface area (Å²) in [4.78, 5) is 14.2. The number of halogens is 1. The number of rotatable bonds is 5. The maximum absolute atomic E-state index is 12.6. The molecule has 2 aromatic carbocycles. The van der Waals surface area contributed by atoms with Crippen LogP contribution < -0.4 is 10.0 Å². The number of hydrogen-bond acceptors (Lipinski definition) is 3. The first-order valence-electron chi connectivity index (χ1n) is 8.82. The Bertz CT molecular complexity index is 938. The van der Waals surface area contributed by atoms with Gasteiger partial charge >= 0.3 is 6.03 Å². The fourth-order valence-electron chi connectivity index (χ4n) is 2.56. The Labute approximate surface area is 171 Å². The van der Waals surface area contributed by atoms with Gasteiger partial charge in [0.2, 0.25) is 10.0 Å². The van der Waals surface area contributed by atoms with E-state index in [0.29, 0.717) is 10.7 Å². The summed E-state index contributed by atoms with van der Waals surface area (Å²) in [5.41, 5.74) is 0.733. The molecule has 0 fully saturated rings. The highest BCUT2D eigenvalue weighted by atomic mass is 35.5. The number of benzene rings is 2. The quantitative estimate of drug-likeness (QED) is 0.735. The highest BCUT2D eigenvalue weighted by molar-refractivity contribution is 7.89. The predicted molar refractivity (Wildman–Crippen MR) is 113 cm³/mol. The summed E-state index contributed by atoms with van der Waals surface area (Å²) in [5, 5.41) is 3.38. The summed E-state index contributed by atoms with van der Waals surface area (Å²) >= 11 is 5.91. The molecular formula is C20H26ClN3O3S. The predicted octanol–water partition coefficient (Wildman–Crippen LogP) is 4.64. The molecule has 0 aliphatic rings. The molecule has 0 saturated heterocycles. The molecule has 8 heteroatoms. The zero-order chi connectivity index (χ0) is 21.1. The van der Waals surface area contributed by atoms with Crippen molar-refractivity contribution < 1.29 is 13.2 Å². The second-order valence-corrected chi connectivity index (χ2v) is 9.77. The van der Waals surface area contributed by atoms with Crippen LogP contribution in [0.3, 0.4) is 0 Å². The second-order valence-electron chi connectivity index (χ2n) is 7.65. The van der Waals surface area contributed by atoms with Crippen molar-refractivity contribution in [3.05, 3.63) is 59.1 Å². The Morgan fingerprint density at radius 3 is 2.29 bits per heavy atom. The number of nitrogens with one attached hydrogen (secondary N) is 2. The molecule has 0 aromatic heterocycles. The lowest BCUT2D eigenvalue weighted by molar-refractivity contribution is 0.208. The van der Waals surface area contributed by atoms with E-state index in [0.717, 1.165) is 5.56 Å². The molecule has 0 spiro atoms. The van der Waals surface area contributed by atoms with E-state index < -0.39 is 15.6 Å². The van der Waals surface area contributed by atoms with E-state index in [-0.39, 0.29) is 17.0 Å². The van der Waals surface area contributed by atoms with Crippen molar-refractivity contribution in [2.24, 2.45) is 0 Å². The Morgan fingerprint density at radius 2 is 1.71 bits per heavy atom. The van der Waals surface area contributed by atoms with Crippen LogP contribution in [-0.4, -0.2) is 31.9 Å². The van der Waals surface area contributed by atoms with Crippen LogP contribution in [0.2, 0.25) is 5.02 Å². The minimum atomic E-state index is -3.69. The number of anilines is 1. The van der Waals surface area contributed by atoms with E-state index >= 15 is 0 Å². The average molecular weight is 424 g/mol.